The van der Waals surface area contributed by atoms with E-state index >= 15 is 0 Å². The van der Waals surface area contributed by atoms with Crippen molar-refractivity contribution in [2.45, 2.75) is 117 Å². The molecule has 0 aromatic heterocycles. The molecule has 0 radical (unpaired) electrons. The monoisotopic (exact) mass is 348 g/mol. The van der Waals surface area contributed by atoms with Gasteiger partial charge in [0.05, 0.1) is 0 Å². The van der Waals surface area contributed by atoms with E-state index in [0.29, 0.717) is 0 Å². The zero-order chi connectivity index (χ0) is 18.9. The van der Waals surface area contributed by atoms with Crippen molar-refractivity contribution < 1.29 is 1.43 Å². The van der Waals surface area contributed by atoms with E-state index < -0.39 is 0 Å². The lowest BCUT2D eigenvalue weighted by molar-refractivity contribution is 0.381. The van der Waals surface area contributed by atoms with Crippen LogP contribution in [0.5, 0.6) is 0 Å². The van der Waals surface area contributed by atoms with Crippen LogP contribution in [0.3, 0.4) is 0 Å². The first-order valence-electron chi connectivity index (χ1n) is 11.0. The summed E-state index contributed by atoms with van der Waals surface area (Å²) >= 11 is 0. The molecule has 148 valence electrons. The summed E-state index contributed by atoms with van der Waals surface area (Å²) in [4.78, 5) is 0. The third-order valence-corrected chi connectivity index (χ3v) is 5.40. The molecule has 0 rings (SSSR count). The van der Waals surface area contributed by atoms with Gasteiger partial charge >= 0.3 is 0 Å². The van der Waals surface area contributed by atoms with Crippen LogP contribution < -0.4 is 0 Å². The van der Waals surface area contributed by atoms with E-state index in [0.717, 1.165) is 23.5 Å². The Morgan fingerprint density at radius 3 is 1.72 bits per heavy atom. The summed E-state index contributed by atoms with van der Waals surface area (Å²) in [6.45, 7) is 19.0. The van der Waals surface area contributed by atoms with E-state index in [9.17, 15) is 0 Å². The van der Waals surface area contributed by atoms with E-state index in [1.165, 1.54) is 95.5 Å². The van der Waals surface area contributed by atoms with Crippen LogP contribution in [-0.4, -0.2) is 0 Å². The minimum absolute atomic E-state index is 0. The molecular formula is C25H48. The van der Waals surface area contributed by atoms with Crippen LogP contribution in [0.2, 0.25) is 0 Å². The average molecular weight is 349 g/mol. The molecule has 0 amide bonds. The lowest BCUT2D eigenvalue weighted by atomic mass is 9.88. The molecule has 0 saturated carbocycles. The summed E-state index contributed by atoms with van der Waals surface area (Å²) in [5.41, 5.74) is 3.60. The second-order valence-electron chi connectivity index (χ2n) is 8.12. The standard InChI is InChI=1S/C25H46.H2/c1-7-9-11-13-14-16-18-25(17-15-12-10-8-2)20-19-23(5)21-24(6)22(3)4;/h25H,3,5-21H2,1-2,4H3;1H. The molecule has 0 aliphatic rings. The van der Waals surface area contributed by atoms with E-state index in [-0.39, 0.29) is 1.43 Å². The Kier molecular flexibility index (Phi) is 16.2. The number of hydrogen-bond acceptors (Lipinski definition) is 0. The summed E-state index contributed by atoms with van der Waals surface area (Å²) in [7, 11) is 0. The molecular weight excluding hydrogens is 300 g/mol. The Balaban J connectivity index is 0. The Morgan fingerprint density at radius 1 is 0.720 bits per heavy atom. The van der Waals surface area contributed by atoms with Crippen molar-refractivity contribution in [1.29, 1.82) is 0 Å². The topological polar surface area (TPSA) is 0 Å². The lowest BCUT2D eigenvalue weighted by Gasteiger charge is -2.18. The summed E-state index contributed by atoms with van der Waals surface area (Å²) in [6.07, 6.45) is 20.3. The highest BCUT2D eigenvalue weighted by Crippen LogP contribution is 2.26. The third kappa shape index (κ3) is 15.2. The molecule has 0 aromatic rings. The van der Waals surface area contributed by atoms with E-state index in [4.69, 9.17) is 0 Å². The second-order valence-corrected chi connectivity index (χ2v) is 8.12. The summed E-state index contributed by atoms with van der Waals surface area (Å²) in [6, 6.07) is 0. The van der Waals surface area contributed by atoms with Gasteiger partial charge in [-0.2, -0.15) is 0 Å². The van der Waals surface area contributed by atoms with Crippen LogP contribution in [-0.2, 0) is 0 Å². The molecule has 25 heavy (non-hydrogen) atoms. The van der Waals surface area contributed by atoms with Crippen LogP contribution in [0.4, 0.5) is 0 Å². The molecule has 1 atom stereocenters. The fourth-order valence-electron chi connectivity index (χ4n) is 3.46. The van der Waals surface area contributed by atoms with Gasteiger partial charge in [-0.25, -0.2) is 0 Å². The summed E-state index contributed by atoms with van der Waals surface area (Å²) in [5.74, 6) is 0.901. The van der Waals surface area contributed by atoms with Gasteiger partial charge in [0, 0.05) is 1.43 Å². The average Bonchev–Trinajstić information content (AvgIpc) is 2.58. The molecule has 0 nitrogen and oxygen atoms in total. The highest BCUT2D eigenvalue weighted by molar-refractivity contribution is 5.27. The van der Waals surface area contributed by atoms with Crippen molar-refractivity contribution in [3.63, 3.8) is 0 Å². The fraction of sp³-hybridized carbons (Fsp3) is 0.760. The van der Waals surface area contributed by atoms with Gasteiger partial charge in [0.2, 0.25) is 0 Å². The van der Waals surface area contributed by atoms with Crippen molar-refractivity contribution in [2.75, 3.05) is 0 Å². The van der Waals surface area contributed by atoms with Gasteiger partial charge in [0.15, 0.2) is 0 Å². The van der Waals surface area contributed by atoms with Crippen LogP contribution in [0.1, 0.15) is 119 Å². The van der Waals surface area contributed by atoms with Crippen LogP contribution in [0, 0.1) is 5.92 Å². The third-order valence-electron chi connectivity index (χ3n) is 5.40. The quantitative estimate of drug-likeness (QED) is 0.131. The van der Waals surface area contributed by atoms with Gasteiger partial charge < -0.3 is 0 Å². The maximum Gasteiger partial charge on any atom is 0 e. The fourth-order valence-corrected chi connectivity index (χ4v) is 3.46. The SMILES string of the molecule is C=C(CCC(CCCCCC)CCCCCCCC)CC(=C)C(=C)C.[HH]. The normalized spacial score (nSPS) is 12.1. The molecule has 0 spiro atoms. The molecule has 0 aliphatic carbocycles. The van der Waals surface area contributed by atoms with Gasteiger partial charge in [0.25, 0.3) is 0 Å². The zero-order valence-corrected chi connectivity index (χ0v) is 17.8. The van der Waals surface area contributed by atoms with Gasteiger partial charge in [-0.3, -0.25) is 0 Å². The van der Waals surface area contributed by atoms with Crippen molar-refractivity contribution >= 4 is 0 Å². The molecule has 0 heterocycles. The van der Waals surface area contributed by atoms with Gasteiger partial charge in [-0.05, 0) is 37.7 Å². The molecule has 0 saturated heterocycles. The van der Waals surface area contributed by atoms with Gasteiger partial charge in [0.1, 0.15) is 0 Å². The maximum absolute atomic E-state index is 4.29. The first-order valence-corrected chi connectivity index (χ1v) is 11.0. The van der Waals surface area contributed by atoms with Crippen molar-refractivity contribution in [3.05, 3.63) is 36.5 Å². The Labute approximate surface area is 161 Å². The second kappa shape index (κ2) is 16.7. The Morgan fingerprint density at radius 2 is 1.20 bits per heavy atom. The number of allylic oxidation sites excluding steroid dienone is 3. The molecule has 0 N–H and O–H groups in total. The van der Waals surface area contributed by atoms with Crippen molar-refractivity contribution in [2.24, 2.45) is 5.92 Å². The van der Waals surface area contributed by atoms with Gasteiger partial charge in [-0.1, -0.05) is 122 Å². The van der Waals surface area contributed by atoms with E-state index in [1.54, 1.807) is 0 Å². The minimum Gasteiger partial charge on any atom is -0.0995 e. The van der Waals surface area contributed by atoms with Crippen LogP contribution in [0.15, 0.2) is 36.5 Å². The van der Waals surface area contributed by atoms with Crippen LogP contribution >= 0.6 is 0 Å². The van der Waals surface area contributed by atoms with Gasteiger partial charge in [-0.15, -0.1) is 0 Å². The molecule has 0 aromatic carbocycles. The predicted octanol–water partition coefficient (Wildman–Crippen LogP) is 9.43. The first kappa shape index (κ1) is 24.2. The molecule has 0 heteroatoms. The highest BCUT2D eigenvalue weighted by Gasteiger charge is 2.10. The smallest absolute Gasteiger partial charge is 0 e. The molecule has 1 unspecified atom stereocenters. The minimum atomic E-state index is 0. The molecule has 0 bridgehead atoms. The Hall–Kier alpha value is -0.780. The largest absolute Gasteiger partial charge is 0.0995 e. The van der Waals surface area contributed by atoms with Crippen LogP contribution in [0.25, 0.3) is 0 Å². The summed E-state index contributed by atoms with van der Waals surface area (Å²) < 4.78 is 0. The van der Waals surface area contributed by atoms with E-state index in [1.807, 2.05) is 6.92 Å². The molecule has 0 fully saturated rings. The number of unbranched alkanes of at least 4 members (excludes halogenated alkanes) is 8. The maximum atomic E-state index is 4.29. The Bertz CT molecular complexity index is 366. The zero-order valence-electron chi connectivity index (χ0n) is 17.8. The number of hydrogen-bond donors (Lipinski definition) is 0. The number of rotatable bonds is 18. The lowest BCUT2D eigenvalue weighted by Crippen LogP contribution is -2.02. The van der Waals surface area contributed by atoms with E-state index in [2.05, 4.69) is 33.6 Å². The molecule has 0 aliphatic heterocycles. The highest BCUT2D eigenvalue weighted by atomic mass is 14.2. The first-order chi connectivity index (χ1) is 12.0. The van der Waals surface area contributed by atoms with Crippen molar-refractivity contribution in [1.82, 2.24) is 0 Å². The predicted molar refractivity (Wildman–Crippen MR) is 119 cm³/mol. The summed E-state index contributed by atoms with van der Waals surface area (Å²) in [5, 5.41) is 0. The van der Waals surface area contributed by atoms with Crippen molar-refractivity contribution in [3.8, 4) is 0 Å².